The van der Waals surface area contributed by atoms with E-state index in [-0.39, 0.29) is 5.91 Å². The fourth-order valence-electron chi connectivity index (χ4n) is 3.43. The number of amides is 1. The molecule has 1 aliphatic heterocycles. The van der Waals surface area contributed by atoms with Gasteiger partial charge in [-0.05, 0) is 45.3 Å². The van der Waals surface area contributed by atoms with Gasteiger partial charge in [-0.1, -0.05) is 30.7 Å². The smallest absolute Gasteiger partial charge is 0.228 e. The minimum Gasteiger partial charge on any atom is -0.339 e. The number of carbonyl (C=O) groups is 1. The van der Waals surface area contributed by atoms with E-state index < -0.39 is 0 Å². The summed E-state index contributed by atoms with van der Waals surface area (Å²) in [5.74, 6) is 0.217. The van der Waals surface area contributed by atoms with Crippen LogP contribution in [0.1, 0.15) is 37.4 Å². The third-order valence-electron chi connectivity index (χ3n) is 4.68. The molecule has 2 heterocycles. The van der Waals surface area contributed by atoms with Gasteiger partial charge in [0.25, 0.3) is 0 Å². The average molecular weight is 358 g/mol. The normalized spacial score (nSPS) is 15.3. The first kappa shape index (κ1) is 18.1. The molecule has 1 fully saturated rings. The van der Waals surface area contributed by atoms with Gasteiger partial charge in [0.1, 0.15) is 5.01 Å². The lowest BCUT2D eigenvalue weighted by atomic mass is 10.0. The Balaban J connectivity index is 1.69. The molecule has 3 rings (SSSR count). The molecule has 1 aliphatic rings. The van der Waals surface area contributed by atoms with Gasteiger partial charge in [-0.2, -0.15) is 0 Å². The van der Waals surface area contributed by atoms with Crippen molar-refractivity contribution in [3.8, 4) is 10.6 Å². The van der Waals surface area contributed by atoms with Gasteiger partial charge in [0.2, 0.25) is 5.91 Å². The fourth-order valence-corrected chi connectivity index (χ4v) is 4.24. The van der Waals surface area contributed by atoms with Gasteiger partial charge in [0.15, 0.2) is 0 Å². The summed E-state index contributed by atoms with van der Waals surface area (Å²) in [5.41, 5.74) is 3.25. The van der Waals surface area contributed by atoms with E-state index in [1.165, 1.54) is 5.56 Å². The quantitative estimate of drug-likeness (QED) is 0.858. The van der Waals surface area contributed by atoms with Crippen molar-refractivity contribution >= 4 is 17.2 Å². The zero-order valence-electron chi connectivity index (χ0n) is 15.1. The molecule has 4 nitrogen and oxygen atoms in total. The number of nitrogens with zero attached hydrogens (tertiary/aromatic N) is 2. The average Bonchev–Trinajstić information content (AvgIpc) is 3.09. The molecule has 134 valence electrons. The maximum Gasteiger partial charge on any atom is 0.228 e. The molecule has 0 unspecified atom stereocenters. The number of rotatable bonds is 6. The van der Waals surface area contributed by atoms with Crippen molar-refractivity contribution in [3.05, 3.63) is 40.9 Å². The Morgan fingerprint density at radius 1 is 1.36 bits per heavy atom. The van der Waals surface area contributed by atoms with Crippen LogP contribution >= 0.6 is 11.3 Å². The van der Waals surface area contributed by atoms with Crippen LogP contribution in [0.3, 0.4) is 0 Å². The Morgan fingerprint density at radius 3 is 2.88 bits per heavy atom. The van der Waals surface area contributed by atoms with E-state index in [0.717, 1.165) is 55.2 Å². The summed E-state index contributed by atoms with van der Waals surface area (Å²) in [6.07, 6.45) is 3.52. The van der Waals surface area contributed by atoms with Crippen LogP contribution in [-0.2, 0) is 11.2 Å². The highest BCUT2D eigenvalue weighted by atomic mass is 32.1. The zero-order valence-corrected chi connectivity index (χ0v) is 15.9. The lowest BCUT2D eigenvalue weighted by Gasteiger charge is -2.34. The van der Waals surface area contributed by atoms with E-state index in [9.17, 15) is 4.79 Å². The molecule has 0 spiro atoms. The standard InChI is InChI=1S/C20H27N3OS/c1-3-11-23(18-7-9-21-10-8-18)19(24)13-17-14-25-20(22-17)16-6-4-5-15(2)12-16/h4-6,12,14,18,21H,3,7-11,13H2,1-2H3. The Morgan fingerprint density at radius 2 is 2.16 bits per heavy atom. The monoisotopic (exact) mass is 357 g/mol. The minimum absolute atomic E-state index is 0.217. The summed E-state index contributed by atoms with van der Waals surface area (Å²) in [6, 6.07) is 8.74. The molecular weight excluding hydrogens is 330 g/mol. The van der Waals surface area contributed by atoms with Crippen LogP contribution in [0.15, 0.2) is 29.6 Å². The molecule has 25 heavy (non-hydrogen) atoms. The molecule has 1 N–H and O–H groups in total. The Kier molecular flexibility index (Phi) is 6.21. The fraction of sp³-hybridized carbons (Fsp3) is 0.500. The topological polar surface area (TPSA) is 45.2 Å². The third kappa shape index (κ3) is 4.67. The molecule has 1 aromatic carbocycles. The Labute approximate surface area is 154 Å². The van der Waals surface area contributed by atoms with E-state index in [1.54, 1.807) is 11.3 Å². The van der Waals surface area contributed by atoms with E-state index in [4.69, 9.17) is 4.98 Å². The molecule has 0 bridgehead atoms. The van der Waals surface area contributed by atoms with E-state index in [1.807, 2.05) is 5.38 Å². The molecule has 0 radical (unpaired) electrons. The van der Waals surface area contributed by atoms with Gasteiger partial charge in [0.05, 0.1) is 12.1 Å². The summed E-state index contributed by atoms with van der Waals surface area (Å²) < 4.78 is 0. The van der Waals surface area contributed by atoms with Crippen molar-refractivity contribution in [2.45, 2.75) is 45.6 Å². The van der Waals surface area contributed by atoms with Crippen molar-refractivity contribution in [2.75, 3.05) is 19.6 Å². The highest BCUT2D eigenvalue weighted by Gasteiger charge is 2.25. The van der Waals surface area contributed by atoms with Crippen molar-refractivity contribution in [1.29, 1.82) is 0 Å². The minimum atomic E-state index is 0.217. The van der Waals surface area contributed by atoms with Crippen LogP contribution in [0.2, 0.25) is 0 Å². The number of nitrogens with one attached hydrogen (secondary N) is 1. The van der Waals surface area contributed by atoms with Crippen LogP contribution in [0.5, 0.6) is 0 Å². The van der Waals surface area contributed by atoms with Gasteiger partial charge in [-0.15, -0.1) is 11.3 Å². The summed E-state index contributed by atoms with van der Waals surface area (Å²) in [6.45, 7) is 7.08. The number of benzene rings is 1. The van der Waals surface area contributed by atoms with Crippen LogP contribution in [0.25, 0.3) is 10.6 Å². The van der Waals surface area contributed by atoms with Crippen LogP contribution in [0, 0.1) is 6.92 Å². The molecule has 5 heteroatoms. The Bertz CT molecular complexity index is 706. The van der Waals surface area contributed by atoms with Gasteiger partial charge in [0, 0.05) is 23.5 Å². The van der Waals surface area contributed by atoms with Crippen molar-refractivity contribution in [3.63, 3.8) is 0 Å². The number of hydrogen-bond donors (Lipinski definition) is 1. The number of aryl methyl sites for hydroxylation is 1. The largest absolute Gasteiger partial charge is 0.339 e. The van der Waals surface area contributed by atoms with Gasteiger partial charge >= 0.3 is 0 Å². The number of thiazole rings is 1. The van der Waals surface area contributed by atoms with Crippen molar-refractivity contribution in [2.24, 2.45) is 0 Å². The highest BCUT2D eigenvalue weighted by Crippen LogP contribution is 2.25. The first-order valence-corrected chi connectivity index (χ1v) is 10.1. The first-order chi connectivity index (χ1) is 12.2. The molecule has 0 atom stereocenters. The van der Waals surface area contributed by atoms with E-state index in [2.05, 4.69) is 48.3 Å². The van der Waals surface area contributed by atoms with Gasteiger partial charge < -0.3 is 10.2 Å². The van der Waals surface area contributed by atoms with E-state index in [0.29, 0.717) is 12.5 Å². The van der Waals surface area contributed by atoms with Gasteiger partial charge in [-0.25, -0.2) is 4.98 Å². The van der Waals surface area contributed by atoms with Crippen LogP contribution in [-0.4, -0.2) is 41.5 Å². The molecule has 1 saturated heterocycles. The summed E-state index contributed by atoms with van der Waals surface area (Å²) >= 11 is 1.62. The maximum absolute atomic E-state index is 12.9. The second-order valence-electron chi connectivity index (χ2n) is 6.76. The SMILES string of the molecule is CCCN(C(=O)Cc1csc(-c2cccc(C)c2)n1)C1CCNCC1. The predicted molar refractivity (Wildman–Crippen MR) is 104 cm³/mol. The predicted octanol–water partition coefficient (Wildman–Crippen LogP) is 3.65. The molecule has 0 saturated carbocycles. The first-order valence-electron chi connectivity index (χ1n) is 9.19. The number of aromatic nitrogens is 1. The molecule has 0 aliphatic carbocycles. The second-order valence-corrected chi connectivity index (χ2v) is 7.62. The highest BCUT2D eigenvalue weighted by molar-refractivity contribution is 7.13. The second kappa shape index (κ2) is 8.59. The summed E-state index contributed by atoms with van der Waals surface area (Å²) in [7, 11) is 0. The number of carbonyl (C=O) groups excluding carboxylic acids is 1. The number of hydrogen-bond acceptors (Lipinski definition) is 4. The molecule has 1 amide bonds. The molecular formula is C20H27N3OS. The Hall–Kier alpha value is -1.72. The lowest BCUT2D eigenvalue weighted by molar-refractivity contribution is -0.133. The van der Waals surface area contributed by atoms with Crippen LogP contribution in [0.4, 0.5) is 0 Å². The lowest BCUT2D eigenvalue weighted by Crippen LogP contribution is -2.47. The van der Waals surface area contributed by atoms with Gasteiger partial charge in [-0.3, -0.25) is 4.79 Å². The maximum atomic E-state index is 12.9. The van der Waals surface area contributed by atoms with E-state index >= 15 is 0 Å². The molecule has 1 aromatic heterocycles. The van der Waals surface area contributed by atoms with Crippen LogP contribution < -0.4 is 5.32 Å². The zero-order chi connectivity index (χ0) is 17.6. The number of piperidine rings is 1. The summed E-state index contributed by atoms with van der Waals surface area (Å²) in [5, 5.41) is 6.40. The third-order valence-corrected chi connectivity index (χ3v) is 5.62. The summed E-state index contributed by atoms with van der Waals surface area (Å²) in [4.78, 5) is 19.7. The molecule has 2 aromatic rings. The van der Waals surface area contributed by atoms with Crippen molar-refractivity contribution < 1.29 is 4.79 Å². The van der Waals surface area contributed by atoms with Crippen molar-refractivity contribution in [1.82, 2.24) is 15.2 Å².